The van der Waals surface area contributed by atoms with E-state index in [9.17, 15) is 14.4 Å². The van der Waals surface area contributed by atoms with Crippen LogP contribution in [-0.2, 0) is 39.9 Å². The van der Waals surface area contributed by atoms with Crippen molar-refractivity contribution >= 4 is 29.7 Å². The maximum Gasteiger partial charge on any atom is 0.338 e. The summed E-state index contributed by atoms with van der Waals surface area (Å²) >= 11 is 1.34. The highest BCUT2D eigenvalue weighted by molar-refractivity contribution is 7.99. The molecule has 8 nitrogen and oxygen atoms in total. The molecule has 1 aliphatic rings. The van der Waals surface area contributed by atoms with Gasteiger partial charge in [0.1, 0.15) is 24.3 Å². The van der Waals surface area contributed by atoms with Gasteiger partial charge in [-0.3, -0.25) is 9.59 Å². The van der Waals surface area contributed by atoms with Gasteiger partial charge in [0.25, 0.3) is 0 Å². The Morgan fingerprint density at radius 3 is 2.05 bits per heavy atom. The van der Waals surface area contributed by atoms with Crippen molar-refractivity contribution in [2.24, 2.45) is 0 Å². The minimum atomic E-state index is -1.02. The predicted octanol–water partition coefficient (Wildman–Crippen LogP) is 5.12. The molecule has 9 heteroatoms. The van der Waals surface area contributed by atoms with E-state index in [1.54, 1.807) is 30.3 Å². The molecule has 0 spiro atoms. The standard InChI is InChI=1S/C31H32O8S/c1-20-14-16-25(17-15-20)40-31-29(39-30(34)24-12-8-5-9-13-24)28(36-18-23-10-6-4-7-11-23)27(37-22(3)33)26(38-31)19-35-21(2)32/h4-17,26-29,31H,18-19H2,1-3H3/t26?,27-,28?,29?,31-/m1/s1. The van der Waals surface area contributed by atoms with Crippen molar-refractivity contribution in [1.29, 1.82) is 0 Å². The number of carbonyl (C=O) groups excluding carboxylic acids is 3. The van der Waals surface area contributed by atoms with Gasteiger partial charge in [-0.2, -0.15) is 0 Å². The van der Waals surface area contributed by atoms with E-state index in [1.165, 1.54) is 25.6 Å². The Labute approximate surface area is 237 Å². The molecule has 210 valence electrons. The fourth-order valence-corrected chi connectivity index (χ4v) is 5.34. The van der Waals surface area contributed by atoms with Crippen LogP contribution < -0.4 is 0 Å². The fourth-order valence-electron chi connectivity index (χ4n) is 4.24. The van der Waals surface area contributed by atoms with E-state index in [4.69, 9.17) is 23.7 Å². The molecule has 1 heterocycles. The summed E-state index contributed by atoms with van der Waals surface area (Å²) in [6.07, 6.45) is -3.82. The minimum absolute atomic E-state index is 0.158. The molecule has 3 aromatic carbocycles. The van der Waals surface area contributed by atoms with Crippen molar-refractivity contribution in [2.45, 2.75) is 62.1 Å². The molecule has 1 fully saturated rings. The molecule has 0 radical (unpaired) electrons. The summed E-state index contributed by atoms with van der Waals surface area (Å²) < 4.78 is 29.8. The molecule has 0 aliphatic carbocycles. The lowest BCUT2D eigenvalue weighted by Crippen LogP contribution is -2.61. The van der Waals surface area contributed by atoms with Crippen molar-refractivity contribution in [3.63, 3.8) is 0 Å². The summed E-state index contributed by atoms with van der Waals surface area (Å²) in [5, 5.41) is 0. The topological polar surface area (TPSA) is 97.4 Å². The lowest BCUT2D eigenvalue weighted by Gasteiger charge is -2.44. The first-order chi connectivity index (χ1) is 19.3. The molecule has 0 N–H and O–H groups in total. The zero-order valence-electron chi connectivity index (χ0n) is 22.6. The molecule has 0 saturated carbocycles. The summed E-state index contributed by atoms with van der Waals surface area (Å²) in [7, 11) is 0. The Morgan fingerprint density at radius 1 is 0.775 bits per heavy atom. The molecule has 5 atom stereocenters. The number of aryl methyl sites for hydroxylation is 1. The fraction of sp³-hybridized carbons (Fsp3) is 0.323. The van der Waals surface area contributed by atoms with E-state index < -0.39 is 47.8 Å². The number of hydrogen-bond donors (Lipinski definition) is 0. The molecule has 3 unspecified atom stereocenters. The van der Waals surface area contributed by atoms with Gasteiger partial charge in [-0.25, -0.2) is 4.79 Å². The Balaban J connectivity index is 1.72. The number of carbonyl (C=O) groups is 3. The number of benzene rings is 3. The van der Waals surface area contributed by atoms with Gasteiger partial charge in [0, 0.05) is 18.7 Å². The summed E-state index contributed by atoms with van der Waals surface area (Å²) in [6.45, 7) is 4.53. The third kappa shape index (κ3) is 8.17. The van der Waals surface area contributed by atoms with Crippen LogP contribution in [0.3, 0.4) is 0 Å². The second-order valence-electron chi connectivity index (χ2n) is 9.35. The zero-order valence-corrected chi connectivity index (χ0v) is 23.4. The van der Waals surface area contributed by atoms with Crippen molar-refractivity contribution in [1.82, 2.24) is 0 Å². The Morgan fingerprint density at radius 2 is 1.43 bits per heavy atom. The predicted molar refractivity (Wildman–Crippen MR) is 149 cm³/mol. The summed E-state index contributed by atoms with van der Waals surface area (Å²) in [5.41, 5.74) is 1.55. The largest absolute Gasteiger partial charge is 0.463 e. The Bertz CT molecular complexity index is 1270. The number of esters is 3. The van der Waals surface area contributed by atoms with E-state index in [0.29, 0.717) is 5.56 Å². The molecule has 0 amide bonds. The van der Waals surface area contributed by atoms with Crippen LogP contribution in [0, 0.1) is 6.92 Å². The number of thioether (sulfide) groups is 1. The first-order valence-electron chi connectivity index (χ1n) is 12.9. The molecular formula is C31H32O8S. The number of rotatable bonds is 10. The van der Waals surface area contributed by atoms with Gasteiger partial charge in [0.2, 0.25) is 0 Å². The lowest BCUT2D eigenvalue weighted by atomic mass is 9.99. The van der Waals surface area contributed by atoms with Crippen molar-refractivity contribution < 1.29 is 38.1 Å². The maximum absolute atomic E-state index is 13.3. The highest BCUT2D eigenvalue weighted by Crippen LogP contribution is 2.38. The average Bonchev–Trinajstić information content (AvgIpc) is 2.95. The molecule has 4 rings (SSSR count). The van der Waals surface area contributed by atoms with Crippen molar-refractivity contribution in [2.75, 3.05) is 6.61 Å². The molecule has 0 bridgehead atoms. The first kappa shape index (κ1) is 29.3. The lowest BCUT2D eigenvalue weighted by molar-refractivity contribution is -0.235. The third-order valence-corrected chi connectivity index (χ3v) is 7.31. The SMILES string of the molecule is CC(=O)OCC1O[C@H](Sc2ccc(C)cc2)C(OC(=O)c2ccccc2)C(OCc2ccccc2)[C@@H]1OC(C)=O. The second kappa shape index (κ2) is 14.1. The molecule has 0 aromatic heterocycles. The normalized spacial score (nSPS) is 22.2. The van der Waals surface area contributed by atoms with Crippen LogP contribution in [0.2, 0.25) is 0 Å². The van der Waals surface area contributed by atoms with Crippen LogP contribution in [0.4, 0.5) is 0 Å². The van der Waals surface area contributed by atoms with Crippen molar-refractivity contribution in [3.05, 3.63) is 102 Å². The molecule has 1 aliphatic heterocycles. The van der Waals surface area contributed by atoms with E-state index in [1.807, 2.05) is 61.5 Å². The summed E-state index contributed by atoms with van der Waals surface area (Å²) in [6, 6.07) is 25.9. The summed E-state index contributed by atoms with van der Waals surface area (Å²) in [5.74, 6) is -1.66. The smallest absolute Gasteiger partial charge is 0.338 e. The number of ether oxygens (including phenoxy) is 5. The van der Waals surface area contributed by atoms with E-state index in [2.05, 4.69) is 0 Å². The van der Waals surface area contributed by atoms with E-state index in [0.717, 1.165) is 16.0 Å². The molecule has 3 aromatic rings. The first-order valence-corrected chi connectivity index (χ1v) is 13.8. The van der Waals surface area contributed by atoms with Crippen LogP contribution >= 0.6 is 11.8 Å². The highest BCUT2D eigenvalue weighted by Gasteiger charge is 2.51. The van der Waals surface area contributed by atoms with Gasteiger partial charge >= 0.3 is 17.9 Å². The van der Waals surface area contributed by atoms with Gasteiger partial charge in [-0.1, -0.05) is 78.0 Å². The minimum Gasteiger partial charge on any atom is -0.463 e. The Hall–Kier alpha value is -3.66. The van der Waals surface area contributed by atoms with Gasteiger partial charge in [0.05, 0.1) is 12.2 Å². The van der Waals surface area contributed by atoms with Gasteiger partial charge in [-0.15, -0.1) is 0 Å². The number of hydrogen-bond acceptors (Lipinski definition) is 9. The van der Waals surface area contributed by atoms with Crippen LogP contribution in [-0.4, -0.2) is 54.4 Å². The maximum atomic E-state index is 13.3. The highest BCUT2D eigenvalue weighted by atomic mass is 32.2. The van der Waals surface area contributed by atoms with Crippen LogP contribution in [0.15, 0.2) is 89.8 Å². The average molecular weight is 565 g/mol. The van der Waals surface area contributed by atoms with Crippen molar-refractivity contribution in [3.8, 4) is 0 Å². The molecule has 40 heavy (non-hydrogen) atoms. The molecular weight excluding hydrogens is 532 g/mol. The van der Waals surface area contributed by atoms with E-state index in [-0.39, 0.29) is 13.2 Å². The Kier molecular flexibility index (Phi) is 10.3. The quantitative estimate of drug-likeness (QED) is 0.246. The monoisotopic (exact) mass is 564 g/mol. The van der Waals surface area contributed by atoms with E-state index >= 15 is 0 Å². The van der Waals surface area contributed by atoms with Gasteiger partial charge < -0.3 is 23.7 Å². The third-order valence-electron chi connectivity index (χ3n) is 6.16. The summed E-state index contributed by atoms with van der Waals surface area (Å²) in [4.78, 5) is 38.1. The molecule has 1 saturated heterocycles. The zero-order chi connectivity index (χ0) is 28.5. The van der Waals surface area contributed by atoms with Crippen LogP contribution in [0.25, 0.3) is 0 Å². The van der Waals surface area contributed by atoms with Gasteiger partial charge in [-0.05, 0) is 36.8 Å². The van der Waals surface area contributed by atoms with Gasteiger partial charge in [0.15, 0.2) is 12.2 Å². The van der Waals surface area contributed by atoms with Crippen LogP contribution in [0.5, 0.6) is 0 Å². The second-order valence-corrected chi connectivity index (χ2v) is 10.5. The van der Waals surface area contributed by atoms with Crippen LogP contribution in [0.1, 0.15) is 35.3 Å².